The Morgan fingerprint density at radius 3 is 2.81 bits per heavy atom. The van der Waals surface area contributed by atoms with Gasteiger partial charge >= 0.3 is 5.97 Å². The van der Waals surface area contributed by atoms with Gasteiger partial charge in [-0.05, 0) is 32.2 Å². The molecule has 0 radical (unpaired) electrons. The van der Waals surface area contributed by atoms with E-state index in [4.69, 9.17) is 5.11 Å². The van der Waals surface area contributed by atoms with Crippen molar-refractivity contribution in [2.45, 2.75) is 44.6 Å². The second-order valence-corrected chi connectivity index (χ2v) is 4.18. The van der Waals surface area contributed by atoms with Gasteiger partial charge in [0.15, 0.2) is 0 Å². The number of amides is 1. The van der Waals surface area contributed by atoms with Crippen molar-refractivity contribution < 1.29 is 14.7 Å². The predicted octanol–water partition coefficient (Wildman–Crippen LogP) is 0.500. The molecule has 1 amide bonds. The molecule has 1 atom stereocenters. The molecule has 1 heterocycles. The molecule has 0 spiro atoms. The highest BCUT2D eigenvalue weighted by atomic mass is 16.4. The molecule has 0 aromatic rings. The molecule has 16 heavy (non-hydrogen) atoms. The fourth-order valence-electron chi connectivity index (χ4n) is 1.88. The highest BCUT2D eigenvalue weighted by Gasteiger charge is 2.13. The van der Waals surface area contributed by atoms with Gasteiger partial charge in [0.2, 0.25) is 5.91 Å². The lowest BCUT2D eigenvalue weighted by Crippen LogP contribution is -2.30. The summed E-state index contributed by atoms with van der Waals surface area (Å²) in [6.07, 6.45) is 4.17. The second kappa shape index (κ2) is 7.22. The topological polar surface area (TPSA) is 78.4 Å². The summed E-state index contributed by atoms with van der Waals surface area (Å²) >= 11 is 0. The zero-order valence-electron chi connectivity index (χ0n) is 9.50. The van der Waals surface area contributed by atoms with Crippen molar-refractivity contribution in [1.82, 2.24) is 10.6 Å². The molecule has 0 aromatic heterocycles. The molecule has 1 rings (SSSR count). The fraction of sp³-hybridized carbons (Fsp3) is 0.818. The van der Waals surface area contributed by atoms with E-state index in [0.717, 1.165) is 13.0 Å². The Kier molecular flexibility index (Phi) is 5.85. The van der Waals surface area contributed by atoms with E-state index in [0.29, 0.717) is 25.4 Å². The summed E-state index contributed by atoms with van der Waals surface area (Å²) in [6, 6.07) is 0.541. The van der Waals surface area contributed by atoms with Crippen molar-refractivity contribution in [3.05, 3.63) is 0 Å². The maximum atomic E-state index is 11.3. The first-order valence-corrected chi connectivity index (χ1v) is 5.90. The van der Waals surface area contributed by atoms with Gasteiger partial charge < -0.3 is 15.7 Å². The standard InChI is InChI=1S/C11H20N2O3/c14-10(4-1-5-11(15)16)13-8-6-9-3-2-7-12-9/h9,12H,1-8H2,(H,13,14)(H,15,16). The van der Waals surface area contributed by atoms with Crippen LogP contribution in [0.5, 0.6) is 0 Å². The molecule has 1 aliphatic rings. The van der Waals surface area contributed by atoms with E-state index >= 15 is 0 Å². The molecule has 0 saturated carbocycles. The van der Waals surface area contributed by atoms with Crippen molar-refractivity contribution in [2.24, 2.45) is 0 Å². The second-order valence-electron chi connectivity index (χ2n) is 4.18. The average molecular weight is 228 g/mol. The Bertz CT molecular complexity index is 237. The third kappa shape index (κ3) is 5.70. The van der Waals surface area contributed by atoms with Gasteiger partial charge in [-0.2, -0.15) is 0 Å². The minimum Gasteiger partial charge on any atom is -0.481 e. The number of hydrogen-bond acceptors (Lipinski definition) is 3. The molecule has 5 nitrogen and oxygen atoms in total. The zero-order valence-corrected chi connectivity index (χ0v) is 9.50. The first-order chi connectivity index (χ1) is 7.68. The van der Waals surface area contributed by atoms with Gasteiger partial charge in [0.25, 0.3) is 0 Å². The number of carboxylic acid groups (broad SMARTS) is 1. The van der Waals surface area contributed by atoms with Crippen molar-refractivity contribution in [3.8, 4) is 0 Å². The normalized spacial score (nSPS) is 19.6. The molecule has 0 aliphatic carbocycles. The van der Waals surface area contributed by atoms with Gasteiger partial charge in [0, 0.05) is 25.4 Å². The molecule has 0 aromatic carbocycles. The van der Waals surface area contributed by atoms with Crippen LogP contribution in [0.1, 0.15) is 38.5 Å². The number of rotatable bonds is 7. The van der Waals surface area contributed by atoms with Gasteiger partial charge in [-0.15, -0.1) is 0 Å². The molecule has 3 N–H and O–H groups in total. The summed E-state index contributed by atoms with van der Waals surface area (Å²) in [5.74, 6) is -0.887. The van der Waals surface area contributed by atoms with Gasteiger partial charge in [0.1, 0.15) is 0 Å². The van der Waals surface area contributed by atoms with Crippen molar-refractivity contribution >= 4 is 11.9 Å². The Morgan fingerprint density at radius 2 is 2.19 bits per heavy atom. The van der Waals surface area contributed by atoms with Crippen LogP contribution in [0.4, 0.5) is 0 Å². The maximum absolute atomic E-state index is 11.3. The zero-order chi connectivity index (χ0) is 11.8. The van der Waals surface area contributed by atoms with Gasteiger partial charge in [-0.25, -0.2) is 0 Å². The minimum atomic E-state index is -0.844. The van der Waals surface area contributed by atoms with Crippen molar-refractivity contribution in [3.63, 3.8) is 0 Å². The smallest absolute Gasteiger partial charge is 0.303 e. The van der Waals surface area contributed by atoms with E-state index in [-0.39, 0.29) is 12.3 Å². The minimum absolute atomic E-state index is 0.0424. The van der Waals surface area contributed by atoms with E-state index in [1.54, 1.807) is 0 Å². The molecular formula is C11H20N2O3. The number of hydrogen-bond donors (Lipinski definition) is 3. The Balaban J connectivity index is 1.95. The van der Waals surface area contributed by atoms with Crippen LogP contribution in [0, 0.1) is 0 Å². The summed E-state index contributed by atoms with van der Waals surface area (Å²) in [7, 11) is 0. The van der Waals surface area contributed by atoms with Crippen LogP contribution < -0.4 is 10.6 Å². The monoisotopic (exact) mass is 228 g/mol. The molecule has 0 bridgehead atoms. The lowest BCUT2D eigenvalue weighted by molar-refractivity contribution is -0.137. The van der Waals surface area contributed by atoms with E-state index < -0.39 is 5.97 Å². The molecule has 92 valence electrons. The molecular weight excluding hydrogens is 208 g/mol. The number of carbonyl (C=O) groups excluding carboxylic acids is 1. The van der Waals surface area contributed by atoms with E-state index in [2.05, 4.69) is 10.6 Å². The van der Waals surface area contributed by atoms with E-state index in [1.165, 1.54) is 12.8 Å². The van der Waals surface area contributed by atoms with Crippen LogP contribution in [0.25, 0.3) is 0 Å². The molecule has 1 aliphatic heterocycles. The van der Waals surface area contributed by atoms with Gasteiger partial charge in [0.05, 0.1) is 0 Å². The first kappa shape index (κ1) is 13.0. The van der Waals surface area contributed by atoms with Gasteiger partial charge in [-0.3, -0.25) is 9.59 Å². The first-order valence-electron chi connectivity index (χ1n) is 5.90. The third-order valence-electron chi connectivity index (χ3n) is 2.77. The molecule has 1 saturated heterocycles. The fourth-order valence-corrected chi connectivity index (χ4v) is 1.88. The van der Waals surface area contributed by atoms with E-state index in [9.17, 15) is 9.59 Å². The summed E-state index contributed by atoms with van der Waals surface area (Å²) in [5, 5.41) is 14.6. The lowest BCUT2D eigenvalue weighted by Gasteiger charge is -2.10. The Morgan fingerprint density at radius 1 is 1.38 bits per heavy atom. The summed E-state index contributed by atoms with van der Waals surface area (Å²) in [4.78, 5) is 21.5. The molecule has 1 fully saturated rings. The quantitative estimate of drug-likeness (QED) is 0.593. The highest BCUT2D eigenvalue weighted by Crippen LogP contribution is 2.07. The van der Waals surface area contributed by atoms with Crippen LogP contribution in [0.3, 0.4) is 0 Å². The largest absolute Gasteiger partial charge is 0.481 e. The number of carbonyl (C=O) groups is 2. The highest BCUT2D eigenvalue weighted by molar-refractivity contribution is 5.76. The Labute approximate surface area is 95.6 Å². The van der Waals surface area contributed by atoms with E-state index in [1.807, 2.05) is 0 Å². The Hall–Kier alpha value is -1.10. The van der Waals surface area contributed by atoms with Crippen LogP contribution in [-0.2, 0) is 9.59 Å². The third-order valence-corrected chi connectivity index (χ3v) is 2.77. The maximum Gasteiger partial charge on any atom is 0.303 e. The van der Waals surface area contributed by atoms with Gasteiger partial charge in [-0.1, -0.05) is 0 Å². The number of aliphatic carboxylic acids is 1. The van der Waals surface area contributed by atoms with Crippen LogP contribution >= 0.6 is 0 Å². The molecule has 5 heteroatoms. The van der Waals surface area contributed by atoms with Crippen LogP contribution in [0.2, 0.25) is 0 Å². The van der Waals surface area contributed by atoms with Crippen molar-refractivity contribution in [2.75, 3.05) is 13.1 Å². The predicted molar refractivity (Wildman–Crippen MR) is 60.1 cm³/mol. The summed E-state index contributed by atoms with van der Waals surface area (Å²) in [5.41, 5.74) is 0. The van der Waals surface area contributed by atoms with Crippen LogP contribution in [-0.4, -0.2) is 36.1 Å². The number of carboxylic acids is 1. The van der Waals surface area contributed by atoms with Crippen LogP contribution in [0.15, 0.2) is 0 Å². The van der Waals surface area contributed by atoms with Crippen molar-refractivity contribution in [1.29, 1.82) is 0 Å². The molecule has 1 unspecified atom stereocenters. The summed E-state index contributed by atoms with van der Waals surface area (Å²) < 4.78 is 0. The SMILES string of the molecule is O=C(O)CCCC(=O)NCCC1CCCN1. The summed E-state index contributed by atoms with van der Waals surface area (Å²) in [6.45, 7) is 1.76. The lowest BCUT2D eigenvalue weighted by atomic mass is 10.1. The number of nitrogens with one attached hydrogen (secondary N) is 2. The average Bonchev–Trinajstić information content (AvgIpc) is 2.70.